The third kappa shape index (κ3) is 5.32. The molecule has 0 bridgehead atoms. The predicted molar refractivity (Wildman–Crippen MR) is 84.8 cm³/mol. The van der Waals surface area contributed by atoms with Gasteiger partial charge in [-0.25, -0.2) is 4.79 Å². The highest BCUT2D eigenvalue weighted by atomic mass is 127. The Kier molecular flexibility index (Phi) is 5.84. The highest BCUT2D eigenvalue weighted by molar-refractivity contribution is 14.1. The van der Waals surface area contributed by atoms with Crippen molar-refractivity contribution in [3.63, 3.8) is 0 Å². The van der Waals surface area contributed by atoms with Crippen LogP contribution in [0.4, 0.5) is 0 Å². The molecule has 2 aromatic rings. The number of benzene rings is 1. The van der Waals surface area contributed by atoms with Crippen LogP contribution in [-0.2, 0) is 5.75 Å². The molecule has 0 aliphatic rings. The summed E-state index contributed by atoms with van der Waals surface area (Å²) in [6.07, 6.45) is 2.57. The fourth-order valence-electron chi connectivity index (χ4n) is 1.47. The van der Waals surface area contributed by atoms with Crippen LogP contribution in [0.3, 0.4) is 0 Å². The summed E-state index contributed by atoms with van der Waals surface area (Å²) in [5, 5.41) is 0. The normalized spacial score (nSPS) is 10.6. The average molecular weight is 391 g/mol. The Labute approximate surface area is 129 Å². The summed E-state index contributed by atoms with van der Waals surface area (Å²) in [5.41, 5.74) is 0. The minimum absolute atomic E-state index is 0.391. The van der Waals surface area contributed by atoms with Crippen molar-refractivity contribution < 1.29 is 9.15 Å². The lowest BCUT2D eigenvalue weighted by Crippen LogP contribution is -1.99. The Bertz CT molecular complexity index is 567. The quantitative estimate of drug-likeness (QED) is 0.582. The van der Waals surface area contributed by atoms with Gasteiger partial charge in [0.15, 0.2) is 0 Å². The van der Waals surface area contributed by atoms with Gasteiger partial charge in [0.2, 0.25) is 0 Å². The van der Waals surface area contributed by atoms with Gasteiger partial charge in [-0.05, 0) is 53.0 Å². The standard InChI is InChI=1S/C13H14INO3S/c14-10-3-1-4-11(7-10)17-5-2-6-19-9-12-8-15-13(16)18-12/h1,3-4,7-8H,2,5-6,9H2,(H,15,16). The van der Waals surface area contributed by atoms with Gasteiger partial charge in [-0.15, -0.1) is 0 Å². The maximum absolute atomic E-state index is 10.8. The van der Waals surface area contributed by atoms with E-state index in [2.05, 4.69) is 27.6 Å². The second-order valence-corrected chi connectivity index (χ2v) is 6.21. The van der Waals surface area contributed by atoms with Crippen LogP contribution in [-0.4, -0.2) is 17.3 Å². The molecular weight excluding hydrogens is 377 g/mol. The van der Waals surface area contributed by atoms with Gasteiger partial charge in [0.05, 0.1) is 12.4 Å². The SMILES string of the molecule is O=c1[nH]cc(CSCCCOc2cccc(I)c2)o1. The molecule has 0 spiro atoms. The summed E-state index contributed by atoms with van der Waals surface area (Å²) in [4.78, 5) is 13.2. The van der Waals surface area contributed by atoms with Gasteiger partial charge in [0.25, 0.3) is 0 Å². The van der Waals surface area contributed by atoms with Gasteiger partial charge in [-0.2, -0.15) is 11.8 Å². The molecule has 0 unspecified atom stereocenters. The molecule has 2 rings (SSSR count). The molecule has 0 saturated carbocycles. The van der Waals surface area contributed by atoms with Gasteiger partial charge >= 0.3 is 5.76 Å². The van der Waals surface area contributed by atoms with Crippen LogP contribution in [0.25, 0.3) is 0 Å². The third-order valence-corrected chi connectivity index (χ3v) is 4.05. The van der Waals surface area contributed by atoms with Crippen molar-refractivity contribution in [2.45, 2.75) is 12.2 Å². The van der Waals surface area contributed by atoms with Crippen molar-refractivity contribution in [1.82, 2.24) is 4.98 Å². The van der Waals surface area contributed by atoms with Crippen molar-refractivity contribution in [3.05, 3.63) is 50.3 Å². The van der Waals surface area contributed by atoms with Crippen LogP contribution in [0.2, 0.25) is 0 Å². The molecule has 1 aromatic carbocycles. The number of ether oxygens (including phenoxy) is 1. The monoisotopic (exact) mass is 391 g/mol. The van der Waals surface area contributed by atoms with Gasteiger partial charge in [-0.3, -0.25) is 4.98 Å². The predicted octanol–water partition coefficient (Wildman–Crippen LogP) is 3.27. The number of aromatic nitrogens is 1. The van der Waals surface area contributed by atoms with Crippen molar-refractivity contribution >= 4 is 34.4 Å². The van der Waals surface area contributed by atoms with Crippen molar-refractivity contribution in [2.75, 3.05) is 12.4 Å². The molecule has 0 atom stereocenters. The van der Waals surface area contributed by atoms with Crippen LogP contribution >= 0.6 is 34.4 Å². The van der Waals surface area contributed by atoms with E-state index in [9.17, 15) is 4.79 Å². The van der Waals surface area contributed by atoms with Crippen LogP contribution in [0.5, 0.6) is 5.75 Å². The van der Waals surface area contributed by atoms with E-state index >= 15 is 0 Å². The average Bonchev–Trinajstić information content (AvgIpc) is 2.79. The molecule has 1 heterocycles. The van der Waals surface area contributed by atoms with E-state index in [0.717, 1.165) is 17.9 Å². The molecule has 1 N–H and O–H groups in total. The number of hydrogen-bond acceptors (Lipinski definition) is 4. The Morgan fingerprint density at radius 2 is 2.32 bits per heavy atom. The van der Waals surface area contributed by atoms with Crippen LogP contribution in [0.1, 0.15) is 12.2 Å². The lowest BCUT2D eigenvalue weighted by atomic mass is 10.3. The third-order valence-electron chi connectivity index (χ3n) is 2.32. The van der Waals surface area contributed by atoms with E-state index in [1.807, 2.05) is 24.3 Å². The van der Waals surface area contributed by atoms with Crippen LogP contribution in [0, 0.1) is 3.57 Å². The topological polar surface area (TPSA) is 55.2 Å². The number of hydrogen-bond donors (Lipinski definition) is 1. The van der Waals surface area contributed by atoms with Crippen molar-refractivity contribution in [2.24, 2.45) is 0 Å². The molecule has 19 heavy (non-hydrogen) atoms. The zero-order chi connectivity index (χ0) is 13.5. The minimum Gasteiger partial charge on any atom is -0.494 e. The first-order valence-corrected chi connectivity index (χ1v) is 8.11. The number of halogens is 1. The first-order valence-electron chi connectivity index (χ1n) is 5.87. The molecule has 0 aliphatic carbocycles. The van der Waals surface area contributed by atoms with E-state index < -0.39 is 5.76 Å². The molecule has 1 aromatic heterocycles. The van der Waals surface area contributed by atoms with Crippen molar-refractivity contribution in [3.8, 4) is 5.75 Å². The van der Waals surface area contributed by atoms with Crippen LogP contribution in [0.15, 0.2) is 39.7 Å². The Balaban J connectivity index is 1.58. The first kappa shape index (κ1) is 14.5. The second kappa shape index (κ2) is 7.64. The summed E-state index contributed by atoms with van der Waals surface area (Å²) >= 11 is 3.99. The molecule has 102 valence electrons. The highest BCUT2D eigenvalue weighted by Gasteiger charge is 1.99. The summed E-state index contributed by atoms with van der Waals surface area (Å²) in [6, 6.07) is 8.00. The van der Waals surface area contributed by atoms with E-state index in [1.165, 1.54) is 3.57 Å². The molecule has 4 nitrogen and oxygen atoms in total. The fraction of sp³-hybridized carbons (Fsp3) is 0.308. The lowest BCUT2D eigenvalue weighted by molar-refractivity contribution is 0.318. The highest BCUT2D eigenvalue weighted by Crippen LogP contribution is 2.16. The molecule has 0 fully saturated rings. The Morgan fingerprint density at radius 3 is 3.05 bits per heavy atom. The zero-order valence-electron chi connectivity index (χ0n) is 10.2. The maximum Gasteiger partial charge on any atom is 0.416 e. The molecule has 0 saturated heterocycles. The zero-order valence-corrected chi connectivity index (χ0v) is 13.2. The van der Waals surface area contributed by atoms with E-state index in [1.54, 1.807) is 18.0 Å². The van der Waals surface area contributed by atoms with E-state index in [0.29, 0.717) is 18.1 Å². The van der Waals surface area contributed by atoms with Gasteiger partial charge in [-0.1, -0.05) is 6.07 Å². The van der Waals surface area contributed by atoms with E-state index in [-0.39, 0.29) is 0 Å². The van der Waals surface area contributed by atoms with Gasteiger partial charge < -0.3 is 9.15 Å². The molecule has 0 radical (unpaired) electrons. The molecule has 0 aliphatic heterocycles. The lowest BCUT2D eigenvalue weighted by Gasteiger charge is -2.05. The summed E-state index contributed by atoms with van der Waals surface area (Å²) in [7, 11) is 0. The smallest absolute Gasteiger partial charge is 0.416 e. The molecular formula is C13H14INO3S. The minimum atomic E-state index is -0.391. The maximum atomic E-state index is 10.8. The largest absolute Gasteiger partial charge is 0.494 e. The molecule has 6 heteroatoms. The summed E-state index contributed by atoms with van der Waals surface area (Å²) in [5.74, 6) is 2.89. The van der Waals surface area contributed by atoms with E-state index in [4.69, 9.17) is 9.15 Å². The number of rotatable bonds is 7. The number of oxazole rings is 1. The summed E-state index contributed by atoms with van der Waals surface area (Å²) < 4.78 is 11.7. The van der Waals surface area contributed by atoms with Crippen molar-refractivity contribution in [1.29, 1.82) is 0 Å². The van der Waals surface area contributed by atoms with Gasteiger partial charge in [0.1, 0.15) is 11.5 Å². The summed E-state index contributed by atoms with van der Waals surface area (Å²) in [6.45, 7) is 0.699. The number of H-pyrrole nitrogens is 1. The van der Waals surface area contributed by atoms with Gasteiger partial charge in [0, 0.05) is 9.77 Å². The fourth-order valence-corrected chi connectivity index (χ4v) is 2.79. The van der Waals surface area contributed by atoms with Crippen LogP contribution < -0.4 is 10.5 Å². The number of aromatic amines is 1. The number of thioether (sulfide) groups is 1. The first-order chi connectivity index (χ1) is 9.24. The Morgan fingerprint density at radius 1 is 1.42 bits per heavy atom. The molecule has 0 amide bonds. The number of nitrogens with one attached hydrogen (secondary N) is 1. The second-order valence-electron chi connectivity index (χ2n) is 3.86. The Hall–Kier alpha value is -0.890.